The summed E-state index contributed by atoms with van der Waals surface area (Å²) in [5.41, 5.74) is 4.35. The number of carbonyl (C=O) groups is 2. The maximum Gasteiger partial charge on any atom is 0.416 e. The van der Waals surface area contributed by atoms with Crippen LogP contribution in [-0.4, -0.2) is 17.9 Å². The van der Waals surface area contributed by atoms with Gasteiger partial charge in [0, 0.05) is 0 Å². The molecule has 0 heterocycles. The fraction of sp³-hybridized carbons (Fsp3) is 0.333. The molecular formula is C12H13F3N2O2. The maximum atomic E-state index is 12.5. The van der Waals surface area contributed by atoms with E-state index in [0.29, 0.717) is 0 Å². The van der Waals surface area contributed by atoms with E-state index in [-0.39, 0.29) is 12.0 Å². The molecule has 104 valence electrons. The van der Waals surface area contributed by atoms with E-state index in [9.17, 15) is 22.8 Å². The van der Waals surface area contributed by atoms with E-state index >= 15 is 0 Å². The normalized spacial score (nSPS) is 12.8. The van der Waals surface area contributed by atoms with Crippen LogP contribution >= 0.6 is 0 Å². The van der Waals surface area contributed by atoms with Crippen LogP contribution in [0.15, 0.2) is 24.3 Å². The van der Waals surface area contributed by atoms with Crippen molar-refractivity contribution in [3.8, 4) is 0 Å². The van der Waals surface area contributed by atoms with Crippen LogP contribution in [0, 0.1) is 0 Å². The van der Waals surface area contributed by atoms with Gasteiger partial charge in [-0.05, 0) is 18.6 Å². The number of hydrogen-bond acceptors (Lipinski definition) is 2. The van der Waals surface area contributed by atoms with Crippen LogP contribution in [0.4, 0.5) is 13.2 Å². The number of carbonyl (C=O) groups excluding carboxylic acids is 2. The molecule has 0 saturated carbocycles. The average molecular weight is 274 g/mol. The summed E-state index contributed by atoms with van der Waals surface area (Å²) < 4.78 is 37.4. The molecule has 0 aliphatic rings. The van der Waals surface area contributed by atoms with E-state index in [4.69, 9.17) is 5.73 Å². The van der Waals surface area contributed by atoms with E-state index in [2.05, 4.69) is 5.32 Å². The molecule has 1 rings (SSSR count). The molecule has 2 amide bonds. The van der Waals surface area contributed by atoms with Gasteiger partial charge < -0.3 is 11.1 Å². The number of nitrogens with two attached hydrogens (primary N) is 1. The molecule has 19 heavy (non-hydrogen) atoms. The van der Waals surface area contributed by atoms with Crippen LogP contribution in [0.1, 0.15) is 18.1 Å². The summed E-state index contributed by atoms with van der Waals surface area (Å²) in [5, 5.41) is 2.29. The van der Waals surface area contributed by atoms with Gasteiger partial charge in [-0.25, -0.2) is 0 Å². The van der Waals surface area contributed by atoms with Gasteiger partial charge >= 0.3 is 6.18 Å². The second-order valence-electron chi connectivity index (χ2n) is 4.07. The predicted octanol–water partition coefficient (Wildman–Crippen LogP) is 1.24. The standard InChI is InChI=1S/C12H13F3N2O2/c1-7(11(16)19)17-10(18)6-8-3-2-4-9(5-8)12(13,14)15/h2-5,7H,6H2,1H3,(H2,16,19)(H,17,18)/t7-/m0/s1. The van der Waals surface area contributed by atoms with Gasteiger partial charge in [0.05, 0.1) is 12.0 Å². The van der Waals surface area contributed by atoms with Crippen molar-refractivity contribution < 1.29 is 22.8 Å². The van der Waals surface area contributed by atoms with Crippen LogP contribution in [0.5, 0.6) is 0 Å². The summed E-state index contributed by atoms with van der Waals surface area (Å²) in [6.45, 7) is 1.40. The number of halogens is 3. The summed E-state index contributed by atoms with van der Waals surface area (Å²) >= 11 is 0. The molecule has 0 bridgehead atoms. The topological polar surface area (TPSA) is 72.2 Å². The summed E-state index contributed by atoms with van der Waals surface area (Å²) in [4.78, 5) is 22.2. The first-order valence-electron chi connectivity index (χ1n) is 5.45. The zero-order valence-electron chi connectivity index (χ0n) is 10.1. The highest BCUT2D eigenvalue weighted by Crippen LogP contribution is 2.29. The van der Waals surface area contributed by atoms with E-state index in [1.807, 2.05) is 0 Å². The highest BCUT2D eigenvalue weighted by molar-refractivity contribution is 5.87. The summed E-state index contributed by atoms with van der Waals surface area (Å²) in [5.74, 6) is -1.27. The van der Waals surface area contributed by atoms with Crippen LogP contribution < -0.4 is 11.1 Å². The third kappa shape index (κ3) is 4.61. The fourth-order valence-corrected chi connectivity index (χ4v) is 1.41. The van der Waals surface area contributed by atoms with Crippen LogP contribution in [-0.2, 0) is 22.2 Å². The molecule has 7 heteroatoms. The molecule has 0 radical (unpaired) electrons. The van der Waals surface area contributed by atoms with Gasteiger partial charge in [0.1, 0.15) is 6.04 Å². The van der Waals surface area contributed by atoms with E-state index < -0.39 is 29.6 Å². The van der Waals surface area contributed by atoms with Gasteiger partial charge in [-0.15, -0.1) is 0 Å². The summed E-state index contributed by atoms with van der Waals surface area (Å²) in [6.07, 6.45) is -4.70. The second-order valence-corrected chi connectivity index (χ2v) is 4.07. The Kier molecular flexibility index (Phi) is 4.52. The quantitative estimate of drug-likeness (QED) is 0.867. The molecule has 0 aliphatic carbocycles. The largest absolute Gasteiger partial charge is 0.416 e. The number of hydrogen-bond donors (Lipinski definition) is 2. The van der Waals surface area contributed by atoms with Crippen molar-refractivity contribution in [2.45, 2.75) is 25.6 Å². The molecule has 3 N–H and O–H groups in total. The molecule has 0 fully saturated rings. The lowest BCUT2D eigenvalue weighted by molar-refractivity contribution is -0.137. The number of rotatable bonds is 4. The second kappa shape index (κ2) is 5.73. The number of primary amides is 1. The zero-order chi connectivity index (χ0) is 14.6. The number of alkyl halides is 3. The molecule has 0 saturated heterocycles. The number of nitrogens with one attached hydrogen (secondary N) is 1. The Hall–Kier alpha value is -2.05. The average Bonchev–Trinajstić information content (AvgIpc) is 2.27. The van der Waals surface area contributed by atoms with Crippen molar-refractivity contribution in [2.24, 2.45) is 5.73 Å². The minimum atomic E-state index is -4.45. The van der Waals surface area contributed by atoms with E-state index in [0.717, 1.165) is 12.1 Å². The lowest BCUT2D eigenvalue weighted by Gasteiger charge is -2.11. The van der Waals surface area contributed by atoms with Crippen molar-refractivity contribution in [3.63, 3.8) is 0 Å². The molecule has 0 unspecified atom stereocenters. The van der Waals surface area contributed by atoms with Crippen molar-refractivity contribution in [1.82, 2.24) is 5.32 Å². The first-order valence-corrected chi connectivity index (χ1v) is 5.45. The van der Waals surface area contributed by atoms with Crippen LogP contribution in [0.25, 0.3) is 0 Å². The third-order valence-corrected chi connectivity index (χ3v) is 2.42. The number of amides is 2. The maximum absolute atomic E-state index is 12.5. The Labute approximate surface area is 107 Å². The van der Waals surface area contributed by atoms with Crippen molar-refractivity contribution >= 4 is 11.8 Å². The molecule has 0 aliphatic heterocycles. The van der Waals surface area contributed by atoms with Crippen LogP contribution in [0.2, 0.25) is 0 Å². The monoisotopic (exact) mass is 274 g/mol. The fourth-order valence-electron chi connectivity index (χ4n) is 1.41. The Morgan fingerprint density at radius 3 is 2.53 bits per heavy atom. The third-order valence-electron chi connectivity index (χ3n) is 2.42. The Morgan fingerprint density at radius 1 is 1.37 bits per heavy atom. The lowest BCUT2D eigenvalue weighted by atomic mass is 10.1. The van der Waals surface area contributed by atoms with Gasteiger partial charge in [-0.1, -0.05) is 18.2 Å². The smallest absolute Gasteiger partial charge is 0.368 e. The molecular weight excluding hydrogens is 261 g/mol. The molecule has 1 aromatic rings. The van der Waals surface area contributed by atoms with Gasteiger partial charge in [0.25, 0.3) is 0 Å². The summed E-state index contributed by atoms with van der Waals surface area (Å²) in [7, 11) is 0. The first kappa shape index (κ1) is 15.0. The van der Waals surface area contributed by atoms with Crippen molar-refractivity contribution in [2.75, 3.05) is 0 Å². The molecule has 1 atom stereocenters. The Bertz CT molecular complexity index is 486. The predicted molar refractivity (Wildman–Crippen MR) is 61.9 cm³/mol. The lowest BCUT2D eigenvalue weighted by Crippen LogP contribution is -2.42. The molecule has 0 aromatic heterocycles. The van der Waals surface area contributed by atoms with Gasteiger partial charge in [0.15, 0.2) is 0 Å². The van der Waals surface area contributed by atoms with E-state index in [1.54, 1.807) is 0 Å². The SMILES string of the molecule is C[C@H](NC(=O)Cc1cccc(C(F)(F)F)c1)C(N)=O. The number of benzene rings is 1. The minimum absolute atomic E-state index is 0.212. The summed E-state index contributed by atoms with van der Waals surface area (Å²) in [6, 6.07) is 3.59. The molecule has 1 aromatic carbocycles. The van der Waals surface area contributed by atoms with Crippen molar-refractivity contribution in [1.29, 1.82) is 0 Å². The van der Waals surface area contributed by atoms with Crippen molar-refractivity contribution in [3.05, 3.63) is 35.4 Å². The minimum Gasteiger partial charge on any atom is -0.368 e. The molecule has 0 spiro atoms. The Morgan fingerprint density at radius 2 is 2.00 bits per heavy atom. The molecule has 4 nitrogen and oxygen atoms in total. The van der Waals surface area contributed by atoms with Crippen LogP contribution in [0.3, 0.4) is 0 Å². The van der Waals surface area contributed by atoms with Gasteiger partial charge in [-0.2, -0.15) is 13.2 Å². The first-order chi connectivity index (χ1) is 8.70. The van der Waals surface area contributed by atoms with Gasteiger partial charge in [-0.3, -0.25) is 9.59 Å². The highest BCUT2D eigenvalue weighted by Gasteiger charge is 2.30. The van der Waals surface area contributed by atoms with E-state index in [1.165, 1.54) is 19.1 Å². The highest BCUT2D eigenvalue weighted by atomic mass is 19.4. The Balaban J connectivity index is 2.73. The zero-order valence-corrected chi connectivity index (χ0v) is 10.1. The van der Waals surface area contributed by atoms with Gasteiger partial charge in [0.2, 0.25) is 11.8 Å².